The molecule has 3 rings (SSSR count). The van der Waals surface area contributed by atoms with Gasteiger partial charge in [-0.2, -0.15) is 0 Å². The summed E-state index contributed by atoms with van der Waals surface area (Å²) in [7, 11) is -3.89. The van der Waals surface area contributed by atoms with Crippen LogP contribution in [0.5, 0.6) is 0 Å². The highest BCUT2D eigenvalue weighted by Gasteiger charge is 2.51. The van der Waals surface area contributed by atoms with Crippen LogP contribution in [-0.2, 0) is 19.3 Å². The molecular formula is C17H27BN2O4S. The van der Waals surface area contributed by atoms with Gasteiger partial charge in [0.15, 0.2) is 0 Å². The Morgan fingerprint density at radius 3 is 2.40 bits per heavy atom. The Hall–Kier alpha value is -1.09. The van der Waals surface area contributed by atoms with Gasteiger partial charge in [-0.05, 0) is 58.1 Å². The Balaban J connectivity index is 1.65. The fourth-order valence-corrected chi connectivity index (χ4v) is 3.62. The molecule has 6 nitrogen and oxygen atoms in total. The fraction of sp³-hybridized carbons (Fsp3) is 0.647. The van der Waals surface area contributed by atoms with Gasteiger partial charge in [-0.3, -0.25) is 4.72 Å². The van der Waals surface area contributed by atoms with E-state index in [1.165, 1.54) is 0 Å². The maximum Gasteiger partial charge on any atom is 0.494 e. The number of nitrogens with one attached hydrogen (secondary N) is 2. The molecule has 0 radical (unpaired) electrons. The average Bonchev–Trinajstić information content (AvgIpc) is 3.26. The summed E-state index contributed by atoms with van der Waals surface area (Å²) in [5.41, 5.74) is 0.470. The van der Waals surface area contributed by atoms with E-state index in [2.05, 4.69) is 10.0 Å². The molecule has 0 spiro atoms. The molecule has 0 aromatic heterocycles. The zero-order valence-electron chi connectivity index (χ0n) is 15.3. The molecule has 1 aliphatic carbocycles. The third-order valence-corrected chi connectivity index (χ3v) is 6.35. The normalized spacial score (nSPS) is 22.2. The van der Waals surface area contributed by atoms with E-state index in [4.69, 9.17) is 9.31 Å². The van der Waals surface area contributed by atoms with E-state index in [-0.39, 0.29) is 5.75 Å². The lowest BCUT2D eigenvalue weighted by Crippen LogP contribution is -2.41. The Kier molecular flexibility index (Phi) is 4.92. The van der Waals surface area contributed by atoms with Crippen molar-refractivity contribution in [2.24, 2.45) is 0 Å². The van der Waals surface area contributed by atoms with Crippen molar-refractivity contribution >= 4 is 28.3 Å². The zero-order valence-corrected chi connectivity index (χ0v) is 16.2. The van der Waals surface area contributed by atoms with Crippen LogP contribution in [0.4, 0.5) is 5.69 Å². The summed E-state index contributed by atoms with van der Waals surface area (Å²) in [5.74, 6) is 0.0597. The fourth-order valence-electron chi connectivity index (χ4n) is 2.64. The lowest BCUT2D eigenvalue weighted by atomic mass is 9.79. The second-order valence-electron chi connectivity index (χ2n) is 7.86. The minimum atomic E-state index is -3.38. The van der Waals surface area contributed by atoms with Crippen LogP contribution in [0.3, 0.4) is 0 Å². The smallest absolute Gasteiger partial charge is 0.399 e. The Labute approximate surface area is 150 Å². The summed E-state index contributed by atoms with van der Waals surface area (Å²) in [6.45, 7) is 8.44. The topological polar surface area (TPSA) is 76.7 Å². The highest BCUT2D eigenvalue weighted by Crippen LogP contribution is 2.36. The van der Waals surface area contributed by atoms with Crippen molar-refractivity contribution in [3.05, 3.63) is 24.3 Å². The van der Waals surface area contributed by atoms with Gasteiger partial charge >= 0.3 is 7.12 Å². The van der Waals surface area contributed by atoms with Gasteiger partial charge in [0.1, 0.15) is 0 Å². The molecule has 1 aromatic rings. The summed E-state index contributed by atoms with van der Waals surface area (Å²) >= 11 is 0. The van der Waals surface area contributed by atoms with Crippen LogP contribution >= 0.6 is 0 Å². The van der Waals surface area contributed by atoms with E-state index in [0.29, 0.717) is 18.3 Å². The average molecular weight is 366 g/mol. The number of hydrogen-bond acceptors (Lipinski definition) is 5. The predicted octanol–water partition coefficient (Wildman–Crippen LogP) is 1.48. The lowest BCUT2D eigenvalue weighted by molar-refractivity contribution is 0.00578. The van der Waals surface area contributed by atoms with Crippen molar-refractivity contribution in [2.45, 2.75) is 57.8 Å². The first-order chi connectivity index (χ1) is 11.6. The lowest BCUT2D eigenvalue weighted by Gasteiger charge is -2.32. The maximum absolute atomic E-state index is 12.2. The summed E-state index contributed by atoms with van der Waals surface area (Å²) < 4.78 is 39.1. The number of hydrogen-bond donors (Lipinski definition) is 2. The minimum Gasteiger partial charge on any atom is -0.399 e. The van der Waals surface area contributed by atoms with Crippen LogP contribution < -0.4 is 15.5 Å². The summed E-state index contributed by atoms with van der Waals surface area (Å²) in [6, 6.07) is 7.70. The van der Waals surface area contributed by atoms with Gasteiger partial charge < -0.3 is 14.6 Å². The summed E-state index contributed by atoms with van der Waals surface area (Å²) in [6.07, 6.45) is 2.28. The molecule has 1 aromatic carbocycles. The molecule has 2 aliphatic rings. The Morgan fingerprint density at radius 2 is 1.80 bits per heavy atom. The van der Waals surface area contributed by atoms with Crippen molar-refractivity contribution in [1.29, 1.82) is 0 Å². The van der Waals surface area contributed by atoms with E-state index in [1.54, 1.807) is 18.2 Å². The monoisotopic (exact) mass is 366 g/mol. The first-order valence-corrected chi connectivity index (χ1v) is 10.4. The summed E-state index contributed by atoms with van der Waals surface area (Å²) in [4.78, 5) is 0. The molecule has 25 heavy (non-hydrogen) atoms. The molecule has 1 heterocycles. The molecule has 2 N–H and O–H groups in total. The SMILES string of the molecule is CC1(C)OB(c2cccc(NS(=O)(=O)CCNC3CC3)c2)OC1(C)C. The second-order valence-corrected chi connectivity index (χ2v) is 9.70. The number of benzene rings is 1. The van der Waals surface area contributed by atoms with Gasteiger partial charge in [-0.25, -0.2) is 8.42 Å². The summed E-state index contributed by atoms with van der Waals surface area (Å²) in [5, 5.41) is 3.21. The van der Waals surface area contributed by atoms with Gasteiger partial charge in [-0.15, -0.1) is 0 Å². The molecule has 138 valence electrons. The zero-order chi connectivity index (χ0) is 18.3. The molecule has 2 fully saturated rings. The van der Waals surface area contributed by atoms with E-state index in [0.717, 1.165) is 18.3 Å². The van der Waals surface area contributed by atoms with Crippen molar-refractivity contribution in [3.63, 3.8) is 0 Å². The van der Waals surface area contributed by atoms with Crippen LogP contribution in [0, 0.1) is 0 Å². The van der Waals surface area contributed by atoms with Gasteiger partial charge in [0.05, 0.1) is 17.0 Å². The molecule has 1 saturated carbocycles. The predicted molar refractivity (Wildman–Crippen MR) is 101 cm³/mol. The van der Waals surface area contributed by atoms with Crippen molar-refractivity contribution in [3.8, 4) is 0 Å². The third kappa shape index (κ3) is 4.55. The van der Waals surface area contributed by atoms with Crippen LogP contribution in [0.1, 0.15) is 40.5 Å². The van der Waals surface area contributed by atoms with Crippen molar-refractivity contribution < 1.29 is 17.7 Å². The molecule has 1 aliphatic heterocycles. The van der Waals surface area contributed by atoms with Gasteiger partial charge in [0, 0.05) is 18.3 Å². The second kappa shape index (κ2) is 6.57. The number of anilines is 1. The highest BCUT2D eigenvalue weighted by molar-refractivity contribution is 7.92. The van der Waals surface area contributed by atoms with Crippen molar-refractivity contribution in [2.75, 3.05) is 17.0 Å². The van der Waals surface area contributed by atoms with Crippen molar-refractivity contribution in [1.82, 2.24) is 5.32 Å². The minimum absolute atomic E-state index is 0.0597. The van der Waals surface area contributed by atoms with Crippen LogP contribution in [0.15, 0.2) is 24.3 Å². The third-order valence-electron chi connectivity index (χ3n) is 5.07. The van der Waals surface area contributed by atoms with Gasteiger partial charge in [-0.1, -0.05) is 12.1 Å². The standard InChI is InChI=1S/C17H27BN2O4S/c1-16(2)17(3,4)24-18(23-16)13-6-5-7-15(12-13)20-25(21,22)11-10-19-14-8-9-14/h5-7,12,14,19-20H,8-11H2,1-4H3. The van der Waals surface area contributed by atoms with E-state index < -0.39 is 28.3 Å². The molecule has 0 bridgehead atoms. The number of rotatable bonds is 7. The van der Waals surface area contributed by atoms with Crippen LogP contribution in [-0.4, -0.2) is 45.1 Å². The highest BCUT2D eigenvalue weighted by atomic mass is 32.2. The first kappa shape index (κ1) is 18.7. The molecule has 8 heteroatoms. The van der Waals surface area contributed by atoms with E-state index in [9.17, 15) is 8.42 Å². The quantitative estimate of drug-likeness (QED) is 0.715. The largest absolute Gasteiger partial charge is 0.494 e. The Bertz CT molecular complexity index is 716. The molecular weight excluding hydrogens is 339 g/mol. The first-order valence-electron chi connectivity index (χ1n) is 8.77. The maximum atomic E-state index is 12.2. The number of sulfonamides is 1. The molecule has 1 saturated heterocycles. The Morgan fingerprint density at radius 1 is 1.16 bits per heavy atom. The van der Waals surface area contributed by atoms with E-state index in [1.807, 2.05) is 33.8 Å². The van der Waals surface area contributed by atoms with Gasteiger partial charge in [0.25, 0.3) is 0 Å². The van der Waals surface area contributed by atoms with Gasteiger partial charge in [0.2, 0.25) is 10.0 Å². The van der Waals surface area contributed by atoms with Crippen LogP contribution in [0.2, 0.25) is 0 Å². The molecule has 0 unspecified atom stereocenters. The molecule has 0 atom stereocenters. The van der Waals surface area contributed by atoms with E-state index >= 15 is 0 Å². The van der Waals surface area contributed by atoms with Crippen LogP contribution in [0.25, 0.3) is 0 Å². The molecule has 0 amide bonds.